The largest absolute Gasteiger partial charge is 0.480 e. The van der Waals surface area contributed by atoms with Crippen LogP contribution in [0.15, 0.2) is 0 Å². The van der Waals surface area contributed by atoms with Crippen LogP contribution in [-0.2, 0) is 15.0 Å². The Kier molecular flexibility index (Phi) is 7.43. The van der Waals surface area contributed by atoms with Crippen molar-refractivity contribution in [1.82, 2.24) is 8.61 Å². The summed E-state index contributed by atoms with van der Waals surface area (Å²) in [6, 6.07) is 0. The minimum absolute atomic E-state index is 0.00462. The Labute approximate surface area is 148 Å². The van der Waals surface area contributed by atoms with Gasteiger partial charge in [-0.05, 0) is 12.7 Å². The lowest BCUT2D eigenvalue weighted by atomic mass is 9.78. The fraction of sp³-hybridized carbons (Fsp3) is 0.909. The normalized spacial score (nSPS) is 25.0. The summed E-state index contributed by atoms with van der Waals surface area (Å²) in [7, 11) is -6.72. The van der Waals surface area contributed by atoms with Crippen molar-refractivity contribution in [1.29, 1.82) is 0 Å². The molecule has 1 heterocycles. The molecule has 0 bridgehead atoms. The van der Waals surface area contributed by atoms with E-state index in [1.54, 1.807) is 0 Å². The van der Waals surface area contributed by atoms with Crippen molar-refractivity contribution >= 4 is 23.3 Å². The molecule has 0 amide bonds. The molecule has 0 aromatic carbocycles. The first-order valence-corrected chi connectivity index (χ1v) is 9.09. The molecule has 0 saturated carbocycles. The van der Waals surface area contributed by atoms with Gasteiger partial charge >= 0.3 is 19.4 Å². The van der Waals surface area contributed by atoms with Crippen molar-refractivity contribution in [3.05, 3.63) is 0 Å². The van der Waals surface area contributed by atoms with Crippen LogP contribution in [0, 0.1) is 5.92 Å². The van der Waals surface area contributed by atoms with Crippen LogP contribution in [-0.4, -0.2) is 83.3 Å². The Balaban J connectivity index is 3.08. The molecule has 0 aromatic heterocycles. The van der Waals surface area contributed by atoms with Gasteiger partial charge in [0.15, 0.2) is 0 Å². The van der Waals surface area contributed by atoms with Gasteiger partial charge < -0.3 is 26.6 Å². The van der Waals surface area contributed by atoms with Crippen LogP contribution in [0.3, 0.4) is 0 Å². The van der Waals surface area contributed by atoms with Crippen LogP contribution in [0.1, 0.15) is 12.8 Å². The molecule has 26 heavy (non-hydrogen) atoms. The standard InChI is InChI=1S/C11H22BF3N4O6S/c13-11(14,15)19(5-4-16)26(24,25)18-6-8(2-1-3-12(22)23)10(17,7-18)9(20)21/h8,22-23H,1-7,16-17H2,(H,20,21)/t8-,10-/m0/s1. The predicted octanol–water partition coefficient (Wildman–Crippen LogP) is -2.02. The number of carbonyl (C=O) groups is 1. The van der Waals surface area contributed by atoms with E-state index >= 15 is 0 Å². The van der Waals surface area contributed by atoms with E-state index in [4.69, 9.17) is 21.5 Å². The number of rotatable bonds is 9. The number of nitrogens with zero attached hydrogens (tertiary/aromatic N) is 2. The second kappa shape index (κ2) is 8.37. The molecule has 1 saturated heterocycles. The van der Waals surface area contributed by atoms with Gasteiger partial charge in [-0.2, -0.15) is 25.9 Å². The van der Waals surface area contributed by atoms with Gasteiger partial charge in [-0.3, -0.25) is 4.79 Å². The van der Waals surface area contributed by atoms with Crippen LogP contribution in [0.5, 0.6) is 0 Å². The van der Waals surface area contributed by atoms with E-state index in [1.165, 1.54) is 0 Å². The lowest BCUT2D eigenvalue weighted by molar-refractivity contribution is -0.210. The highest BCUT2D eigenvalue weighted by Gasteiger charge is 2.56. The van der Waals surface area contributed by atoms with Gasteiger partial charge in [0.05, 0.1) is 0 Å². The van der Waals surface area contributed by atoms with E-state index in [0.717, 1.165) is 0 Å². The molecule has 0 unspecified atom stereocenters. The first kappa shape index (κ1) is 23.1. The summed E-state index contributed by atoms with van der Waals surface area (Å²) in [4.78, 5) is 11.5. The summed E-state index contributed by atoms with van der Waals surface area (Å²) >= 11 is 0. The number of hydrogen-bond donors (Lipinski definition) is 5. The number of alkyl halides is 3. The molecule has 0 radical (unpaired) electrons. The third-order valence-electron chi connectivity index (χ3n) is 4.22. The number of carboxylic acids is 1. The zero-order chi connectivity index (χ0) is 20.3. The summed E-state index contributed by atoms with van der Waals surface area (Å²) in [6.45, 7) is -2.98. The van der Waals surface area contributed by atoms with Gasteiger partial charge in [0.2, 0.25) is 0 Å². The van der Waals surface area contributed by atoms with E-state index < -0.39 is 71.5 Å². The highest BCUT2D eigenvalue weighted by atomic mass is 32.2. The van der Waals surface area contributed by atoms with Crippen molar-refractivity contribution < 1.29 is 41.5 Å². The summed E-state index contributed by atoms with van der Waals surface area (Å²) in [5.74, 6) is -2.55. The Hall–Kier alpha value is -0.965. The zero-order valence-corrected chi connectivity index (χ0v) is 14.6. The smallest absolute Gasteiger partial charge is 0.474 e. The minimum atomic E-state index is -5.22. The van der Waals surface area contributed by atoms with Gasteiger partial charge in [0.1, 0.15) is 5.54 Å². The topological polar surface area (TPSA) is 170 Å². The molecule has 152 valence electrons. The second-order valence-electron chi connectivity index (χ2n) is 6.08. The average Bonchev–Trinajstić information content (AvgIpc) is 2.82. The molecule has 1 aliphatic heterocycles. The van der Waals surface area contributed by atoms with Crippen LogP contribution in [0.2, 0.25) is 6.32 Å². The first-order chi connectivity index (χ1) is 11.8. The highest BCUT2D eigenvalue weighted by molar-refractivity contribution is 7.86. The Morgan fingerprint density at radius 1 is 1.38 bits per heavy atom. The van der Waals surface area contributed by atoms with E-state index in [-0.39, 0.29) is 19.2 Å². The van der Waals surface area contributed by atoms with Crippen molar-refractivity contribution in [3.8, 4) is 0 Å². The molecule has 0 aliphatic carbocycles. The lowest BCUT2D eigenvalue weighted by Crippen LogP contribution is -2.56. The predicted molar refractivity (Wildman–Crippen MR) is 84.6 cm³/mol. The van der Waals surface area contributed by atoms with E-state index in [2.05, 4.69) is 0 Å². The van der Waals surface area contributed by atoms with Crippen molar-refractivity contribution in [2.75, 3.05) is 26.2 Å². The Morgan fingerprint density at radius 2 is 1.96 bits per heavy atom. The average molecular weight is 406 g/mol. The number of nitrogens with two attached hydrogens (primary N) is 2. The molecule has 2 atom stereocenters. The molecule has 0 spiro atoms. The number of aliphatic carboxylic acids is 1. The maximum atomic E-state index is 13.1. The van der Waals surface area contributed by atoms with E-state index in [1.807, 2.05) is 0 Å². The molecule has 15 heteroatoms. The molecule has 7 N–H and O–H groups in total. The fourth-order valence-electron chi connectivity index (χ4n) is 2.84. The maximum absolute atomic E-state index is 13.1. The summed E-state index contributed by atoms with van der Waals surface area (Å²) < 4.78 is 63.5. The van der Waals surface area contributed by atoms with Crippen molar-refractivity contribution in [2.24, 2.45) is 17.4 Å². The lowest BCUT2D eigenvalue weighted by Gasteiger charge is -2.28. The number of halogens is 3. The quantitative estimate of drug-likeness (QED) is 0.216. The zero-order valence-electron chi connectivity index (χ0n) is 13.8. The summed E-state index contributed by atoms with van der Waals surface area (Å²) in [6.07, 6.45) is -5.23. The van der Waals surface area contributed by atoms with Crippen LogP contribution < -0.4 is 11.5 Å². The van der Waals surface area contributed by atoms with E-state index in [0.29, 0.717) is 4.31 Å². The monoisotopic (exact) mass is 406 g/mol. The SMILES string of the molecule is NCCN(C(F)(F)F)S(=O)(=O)N1C[C@H](CCCB(O)O)[C@](N)(C(=O)O)C1. The molecule has 1 fully saturated rings. The second-order valence-corrected chi connectivity index (χ2v) is 7.94. The van der Waals surface area contributed by atoms with Crippen LogP contribution >= 0.6 is 0 Å². The third-order valence-corrected chi connectivity index (χ3v) is 6.10. The van der Waals surface area contributed by atoms with Gasteiger partial charge in [-0.15, -0.1) is 0 Å². The van der Waals surface area contributed by atoms with E-state index in [9.17, 15) is 31.5 Å². The van der Waals surface area contributed by atoms with Crippen molar-refractivity contribution in [2.45, 2.75) is 31.0 Å². The minimum Gasteiger partial charge on any atom is -0.480 e. The number of carboxylic acid groups (broad SMARTS) is 1. The molecular formula is C11H22BF3N4O6S. The van der Waals surface area contributed by atoms with Gasteiger partial charge in [0, 0.05) is 32.1 Å². The molecule has 0 aromatic rings. The van der Waals surface area contributed by atoms with Crippen LogP contribution in [0.25, 0.3) is 0 Å². The van der Waals surface area contributed by atoms with Gasteiger partial charge in [-0.25, -0.2) is 0 Å². The van der Waals surface area contributed by atoms with Gasteiger partial charge in [0.25, 0.3) is 10.2 Å². The third kappa shape index (κ3) is 5.06. The molecule has 1 aliphatic rings. The summed E-state index contributed by atoms with van der Waals surface area (Å²) in [5.41, 5.74) is 8.74. The fourth-order valence-corrected chi connectivity index (χ4v) is 4.46. The molecule has 10 nitrogen and oxygen atoms in total. The Morgan fingerprint density at radius 3 is 2.38 bits per heavy atom. The Bertz CT molecular complexity index is 607. The first-order valence-electron chi connectivity index (χ1n) is 7.70. The number of hydrogen-bond acceptors (Lipinski definition) is 7. The highest BCUT2D eigenvalue weighted by Crippen LogP contribution is 2.35. The summed E-state index contributed by atoms with van der Waals surface area (Å²) in [5, 5.41) is 27.0. The van der Waals surface area contributed by atoms with Crippen LogP contribution in [0.4, 0.5) is 13.2 Å². The molecule has 1 rings (SSSR count). The van der Waals surface area contributed by atoms with Crippen molar-refractivity contribution in [3.63, 3.8) is 0 Å². The molecular weight excluding hydrogens is 384 g/mol. The van der Waals surface area contributed by atoms with Gasteiger partial charge in [-0.1, -0.05) is 10.7 Å². The maximum Gasteiger partial charge on any atom is 0.474 e.